The molecule has 2 heterocycles. The third-order valence-corrected chi connectivity index (χ3v) is 5.12. The molecule has 2 aromatic rings. The van der Waals surface area contributed by atoms with E-state index in [4.69, 9.17) is 10.5 Å². The van der Waals surface area contributed by atoms with Gasteiger partial charge in [0.05, 0.1) is 19.6 Å². The lowest BCUT2D eigenvalue weighted by molar-refractivity contribution is -0.120. The summed E-state index contributed by atoms with van der Waals surface area (Å²) in [4.78, 5) is 14.6. The van der Waals surface area contributed by atoms with Crippen molar-refractivity contribution >= 4 is 22.4 Å². The van der Waals surface area contributed by atoms with E-state index in [0.717, 1.165) is 18.8 Å². The molecule has 0 spiro atoms. The topological polar surface area (TPSA) is 93.4 Å². The first-order valence-electron chi connectivity index (χ1n) is 8.38. The van der Waals surface area contributed by atoms with Gasteiger partial charge >= 0.3 is 0 Å². The van der Waals surface area contributed by atoms with Crippen LogP contribution in [0.2, 0.25) is 0 Å². The number of nitrogens with zero attached hydrogens (tertiary/aromatic N) is 3. The zero-order chi connectivity index (χ0) is 17.6. The van der Waals surface area contributed by atoms with E-state index >= 15 is 0 Å². The Morgan fingerprint density at radius 1 is 1.32 bits per heavy atom. The van der Waals surface area contributed by atoms with Crippen molar-refractivity contribution in [2.24, 2.45) is 0 Å². The van der Waals surface area contributed by atoms with Crippen LogP contribution >= 0.6 is 11.3 Å². The van der Waals surface area contributed by atoms with E-state index in [1.165, 1.54) is 29.7 Å². The molecule has 8 heteroatoms. The quantitative estimate of drug-likeness (QED) is 0.778. The molecule has 1 atom stereocenters. The van der Waals surface area contributed by atoms with E-state index in [9.17, 15) is 4.79 Å². The fourth-order valence-electron chi connectivity index (χ4n) is 3.09. The normalized spacial score (nSPS) is 15.9. The summed E-state index contributed by atoms with van der Waals surface area (Å²) >= 11 is 1.25. The van der Waals surface area contributed by atoms with Crippen LogP contribution in [0.15, 0.2) is 24.3 Å². The molecule has 0 radical (unpaired) electrons. The molecular weight excluding hydrogens is 338 g/mol. The number of benzene rings is 1. The molecule has 3 N–H and O–H groups in total. The van der Waals surface area contributed by atoms with Crippen molar-refractivity contribution in [3.63, 3.8) is 0 Å². The van der Waals surface area contributed by atoms with Gasteiger partial charge in [0.25, 0.3) is 0 Å². The second-order valence-electron chi connectivity index (χ2n) is 6.05. The van der Waals surface area contributed by atoms with Gasteiger partial charge in [-0.2, -0.15) is 0 Å². The van der Waals surface area contributed by atoms with E-state index in [2.05, 4.69) is 32.5 Å². The fraction of sp³-hybridized carbons (Fsp3) is 0.471. The minimum absolute atomic E-state index is 0.0612. The SMILES string of the molecule is COc1ccc(C(CNC(=O)Cc2nnc(N)s2)N2CCCC2)cc1. The number of carbonyl (C=O) groups excluding carboxylic acids is 1. The number of methoxy groups -OCH3 is 1. The Balaban J connectivity index is 1.63. The molecule has 0 saturated carbocycles. The molecule has 25 heavy (non-hydrogen) atoms. The number of amides is 1. The zero-order valence-electron chi connectivity index (χ0n) is 14.3. The van der Waals surface area contributed by atoms with Gasteiger partial charge in [-0.15, -0.1) is 10.2 Å². The van der Waals surface area contributed by atoms with Gasteiger partial charge in [-0.25, -0.2) is 0 Å². The van der Waals surface area contributed by atoms with Crippen LogP contribution in [0.5, 0.6) is 5.75 Å². The smallest absolute Gasteiger partial charge is 0.227 e. The van der Waals surface area contributed by atoms with Crippen molar-refractivity contribution in [3.05, 3.63) is 34.8 Å². The highest BCUT2D eigenvalue weighted by Gasteiger charge is 2.24. The lowest BCUT2D eigenvalue weighted by atomic mass is 10.1. The number of ether oxygens (including phenoxy) is 1. The van der Waals surface area contributed by atoms with Crippen LogP contribution < -0.4 is 15.8 Å². The Morgan fingerprint density at radius 2 is 2.04 bits per heavy atom. The van der Waals surface area contributed by atoms with Gasteiger partial charge in [0.15, 0.2) is 0 Å². The number of carbonyl (C=O) groups is 1. The van der Waals surface area contributed by atoms with Crippen LogP contribution in [0.4, 0.5) is 5.13 Å². The van der Waals surface area contributed by atoms with Crippen molar-refractivity contribution < 1.29 is 9.53 Å². The number of nitrogens with two attached hydrogens (primary N) is 1. The first kappa shape index (κ1) is 17.6. The molecule has 3 rings (SSSR count). The molecule has 1 unspecified atom stereocenters. The average Bonchev–Trinajstić information content (AvgIpc) is 3.28. The Hall–Kier alpha value is -2.19. The zero-order valence-corrected chi connectivity index (χ0v) is 15.1. The molecular formula is C17H23N5O2S. The van der Waals surface area contributed by atoms with Crippen LogP contribution in [0.25, 0.3) is 0 Å². The minimum atomic E-state index is -0.0612. The molecule has 1 aliphatic rings. The third kappa shape index (κ3) is 4.67. The predicted octanol–water partition coefficient (Wildman–Crippen LogP) is 1.62. The van der Waals surface area contributed by atoms with Gasteiger partial charge in [0.1, 0.15) is 10.8 Å². The van der Waals surface area contributed by atoms with Crippen LogP contribution in [0.3, 0.4) is 0 Å². The van der Waals surface area contributed by atoms with Gasteiger partial charge in [-0.3, -0.25) is 9.69 Å². The highest BCUT2D eigenvalue weighted by Crippen LogP contribution is 2.26. The van der Waals surface area contributed by atoms with Gasteiger partial charge < -0.3 is 15.8 Å². The minimum Gasteiger partial charge on any atom is -0.497 e. The van der Waals surface area contributed by atoms with E-state index in [0.29, 0.717) is 16.7 Å². The molecule has 1 saturated heterocycles. The largest absolute Gasteiger partial charge is 0.497 e. The second kappa shape index (κ2) is 8.26. The summed E-state index contributed by atoms with van der Waals surface area (Å²) in [6.45, 7) is 2.68. The highest BCUT2D eigenvalue weighted by atomic mass is 32.1. The molecule has 1 aliphatic heterocycles. The number of rotatable bonds is 7. The first-order chi connectivity index (χ1) is 12.2. The summed E-state index contributed by atoms with van der Waals surface area (Å²) in [5, 5.41) is 11.7. The van der Waals surface area contributed by atoms with Gasteiger partial charge in [0.2, 0.25) is 11.0 Å². The maximum Gasteiger partial charge on any atom is 0.227 e. The molecule has 0 bridgehead atoms. The van der Waals surface area contributed by atoms with Crippen LogP contribution in [0.1, 0.15) is 29.5 Å². The van der Waals surface area contributed by atoms with E-state index in [-0.39, 0.29) is 18.4 Å². The Bertz CT molecular complexity index is 697. The standard InChI is InChI=1S/C17H23N5O2S/c1-24-13-6-4-12(5-7-13)14(22-8-2-3-9-22)11-19-15(23)10-16-20-21-17(18)25-16/h4-7,14H,2-3,8-11H2,1H3,(H2,18,21)(H,19,23). The van der Waals surface area contributed by atoms with Gasteiger partial charge in [-0.05, 0) is 43.6 Å². The lowest BCUT2D eigenvalue weighted by Crippen LogP contribution is -2.37. The monoisotopic (exact) mass is 361 g/mol. The van der Waals surface area contributed by atoms with E-state index in [1.807, 2.05) is 12.1 Å². The maximum atomic E-state index is 12.2. The number of nitrogens with one attached hydrogen (secondary N) is 1. The maximum absolute atomic E-state index is 12.2. The molecule has 1 fully saturated rings. The Morgan fingerprint density at radius 3 is 2.64 bits per heavy atom. The number of nitrogen functional groups attached to an aromatic ring is 1. The van der Waals surface area contributed by atoms with Crippen molar-refractivity contribution in [3.8, 4) is 5.75 Å². The van der Waals surface area contributed by atoms with Crippen LogP contribution in [-0.4, -0.2) is 47.7 Å². The fourth-order valence-corrected chi connectivity index (χ4v) is 3.69. The molecule has 1 aromatic heterocycles. The summed E-state index contributed by atoms with van der Waals surface area (Å²) < 4.78 is 5.24. The molecule has 1 amide bonds. The van der Waals surface area contributed by atoms with Gasteiger partial charge in [0, 0.05) is 6.54 Å². The van der Waals surface area contributed by atoms with Crippen LogP contribution in [0, 0.1) is 0 Å². The summed E-state index contributed by atoms with van der Waals surface area (Å²) in [5.41, 5.74) is 6.74. The first-order valence-corrected chi connectivity index (χ1v) is 9.20. The number of hydrogen-bond donors (Lipinski definition) is 2. The van der Waals surface area contributed by atoms with Crippen LogP contribution in [-0.2, 0) is 11.2 Å². The molecule has 1 aromatic carbocycles. The lowest BCUT2D eigenvalue weighted by Gasteiger charge is -2.28. The Labute approximate surface area is 151 Å². The molecule has 134 valence electrons. The number of anilines is 1. The average molecular weight is 361 g/mol. The predicted molar refractivity (Wildman–Crippen MR) is 97.6 cm³/mol. The third-order valence-electron chi connectivity index (χ3n) is 4.37. The second-order valence-corrected chi connectivity index (χ2v) is 7.14. The van der Waals surface area contributed by atoms with E-state index < -0.39 is 0 Å². The highest BCUT2D eigenvalue weighted by molar-refractivity contribution is 7.15. The summed E-state index contributed by atoms with van der Waals surface area (Å²) in [7, 11) is 1.66. The molecule has 7 nitrogen and oxygen atoms in total. The van der Waals surface area contributed by atoms with Crippen molar-refractivity contribution in [1.82, 2.24) is 20.4 Å². The number of likely N-dealkylation sites (tertiary alicyclic amines) is 1. The summed E-state index contributed by atoms with van der Waals surface area (Å²) in [6, 6.07) is 8.23. The number of hydrogen-bond acceptors (Lipinski definition) is 7. The molecule has 0 aliphatic carbocycles. The van der Waals surface area contributed by atoms with Gasteiger partial charge in [-0.1, -0.05) is 23.5 Å². The number of aromatic nitrogens is 2. The van der Waals surface area contributed by atoms with Crippen molar-refractivity contribution in [1.29, 1.82) is 0 Å². The van der Waals surface area contributed by atoms with Crippen molar-refractivity contribution in [2.45, 2.75) is 25.3 Å². The summed E-state index contributed by atoms with van der Waals surface area (Å²) in [5.74, 6) is 0.774. The summed E-state index contributed by atoms with van der Waals surface area (Å²) in [6.07, 6.45) is 2.61. The van der Waals surface area contributed by atoms with E-state index in [1.54, 1.807) is 7.11 Å². The van der Waals surface area contributed by atoms with Crippen molar-refractivity contribution in [2.75, 3.05) is 32.5 Å². The Kier molecular flexibility index (Phi) is 5.83.